The minimum atomic E-state index is -2.22. The first-order valence-electron chi connectivity index (χ1n) is 12.0. The van der Waals surface area contributed by atoms with Crippen molar-refractivity contribution in [3.63, 3.8) is 0 Å². The molecule has 1 N–H and O–H groups in total. The normalized spacial score (nSPS) is 12.2. The average Bonchev–Trinajstić information content (AvgIpc) is 3.55. The molecule has 0 aliphatic heterocycles. The number of amides is 1. The predicted octanol–water partition coefficient (Wildman–Crippen LogP) is 5.19. The van der Waals surface area contributed by atoms with Crippen LogP contribution < -0.4 is 4.74 Å². The van der Waals surface area contributed by atoms with Crippen LogP contribution in [0.5, 0.6) is 5.75 Å². The molecule has 180 valence electrons. The molecule has 4 aromatic rings. The van der Waals surface area contributed by atoms with Crippen LogP contribution in [0.25, 0.3) is 11.3 Å². The lowest BCUT2D eigenvalue weighted by Gasteiger charge is -2.28. The summed E-state index contributed by atoms with van der Waals surface area (Å²) in [6, 6.07) is 17.9. The monoisotopic (exact) mass is 476 g/mol. The van der Waals surface area contributed by atoms with E-state index in [0.717, 1.165) is 5.56 Å². The lowest BCUT2D eigenvalue weighted by atomic mass is 10.1. The zero-order valence-corrected chi connectivity index (χ0v) is 19.3. The van der Waals surface area contributed by atoms with Crippen LogP contribution in [-0.2, 0) is 24.3 Å². The van der Waals surface area contributed by atoms with E-state index in [0.29, 0.717) is 17.1 Å². The quantitative estimate of drug-likeness (QED) is 0.336. The summed E-state index contributed by atoms with van der Waals surface area (Å²) in [6.07, 6.45) is 1.29. The molecule has 2 aromatic carbocycles. The summed E-state index contributed by atoms with van der Waals surface area (Å²) in [5.41, 5.74) is 1.55. The van der Waals surface area contributed by atoms with Crippen LogP contribution in [0.4, 0.5) is 0 Å². The number of hydrogen-bond acceptors (Lipinski definition) is 6. The van der Waals surface area contributed by atoms with Gasteiger partial charge in [0.1, 0.15) is 18.1 Å². The molecule has 0 unspecified atom stereocenters. The Morgan fingerprint density at radius 1 is 1.11 bits per heavy atom. The Labute approximate surface area is 205 Å². The van der Waals surface area contributed by atoms with Gasteiger partial charge in [-0.2, -0.15) is 0 Å². The van der Waals surface area contributed by atoms with Gasteiger partial charge in [-0.1, -0.05) is 35.5 Å². The van der Waals surface area contributed by atoms with E-state index in [2.05, 4.69) is 5.16 Å². The first-order chi connectivity index (χ1) is 17.7. The third-order valence-electron chi connectivity index (χ3n) is 5.11. The SMILES string of the molecule is [2H]C([2H])(c1ccccc1OCc1cc(CC(=O)O)no1)N(C(=O)c1ccc(-c2ccco2)cc1)C(C)C. The molecule has 0 bridgehead atoms. The van der Waals surface area contributed by atoms with E-state index in [1.165, 1.54) is 11.0 Å². The highest BCUT2D eigenvalue weighted by Gasteiger charge is 2.21. The number of carboxylic acid groups (broad SMARTS) is 1. The zero-order valence-electron chi connectivity index (χ0n) is 21.3. The molecular weight excluding hydrogens is 448 g/mol. The molecule has 1 amide bonds. The smallest absolute Gasteiger partial charge is 0.309 e. The molecule has 4 rings (SSSR count). The Balaban J connectivity index is 1.57. The summed E-state index contributed by atoms with van der Waals surface area (Å²) >= 11 is 0. The van der Waals surface area contributed by atoms with Crippen LogP contribution in [0, 0.1) is 0 Å². The van der Waals surface area contributed by atoms with Gasteiger partial charge in [-0.25, -0.2) is 0 Å². The van der Waals surface area contributed by atoms with Crippen molar-refractivity contribution in [2.24, 2.45) is 0 Å². The van der Waals surface area contributed by atoms with E-state index in [1.54, 1.807) is 74.7 Å². The van der Waals surface area contributed by atoms with E-state index >= 15 is 0 Å². The van der Waals surface area contributed by atoms with Crippen LogP contribution in [0.2, 0.25) is 0 Å². The maximum absolute atomic E-state index is 13.5. The number of carbonyl (C=O) groups excluding carboxylic acids is 1. The number of hydrogen-bond donors (Lipinski definition) is 1. The van der Waals surface area contributed by atoms with Gasteiger partial charge in [0.2, 0.25) is 0 Å². The molecule has 35 heavy (non-hydrogen) atoms. The fourth-order valence-corrected chi connectivity index (χ4v) is 3.40. The van der Waals surface area contributed by atoms with Gasteiger partial charge in [0.15, 0.2) is 5.76 Å². The summed E-state index contributed by atoms with van der Waals surface area (Å²) in [6.45, 7) is 1.17. The summed E-state index contributed by atoms with van der Waals surface area (Å²) in [7, 11) is 0. The second kappa shape index (κ2) is 10.7. The van der Waals surface area contributed by atoms with Crippen molar-refractivity contribution in [3.8, 4) is 17.1 Å². The number of carbonyl (C=O) groups is 2. The molecule has 0 saturated heterocycles. The number of benzene rings is 2. The number of rotatable bonds is 10. The Hall–Kier alpha value is -4.33. The van der Waals surface area contributed by atoms with Crippen LogP contribution in [0.1, 0.15) is 44.0 Å². The van der Waals surface area contributed by atoms with Gasteiger partial charge < -0.3 is 23.7 Å². The second-order valence-corrected chi connectivity index (χ2v) is 8.08. The van der Waals surface area contributed by atoms with Crippen molar-refractivity contribution in [2.75, 3.05) is 0 Å². The minimum absolute atomic E-state index is 0.0937. The summed E-state index contributed by atoms with van der Waals surface area (Å²) in [5, 5.41) is 12.6. The van der Waals surface area contributed by atoms with Crippen molar-refractivity contribution < 1.29 is 31.1 Å². The Morgan fingerprint density at radius 2 is 1.89 bits per heavy atom. The lowest BCUT2D eigenvalue weighted by Crippen LogP contribution is -2.36. The number of nitrogens with zero attached hydrogens (tertiary/aromatic N) is 2. The maximum Gasteiger partial charge on any atom is 0.309 e. The van der Waals surface area contributed by atoms with Crippen LogP contribution in [-0.4, -0.2) is 33.1 Å². The average molecular weight is 477 g/mol. The lowest BCUT2D eigenvalue weighted by molar-refractivity contribution is -0.136. The molecule has 0 radical (unpaired) electrons. The molecule has 0 aliphatic carbocycles. The maximum atomic E-state index is 13.5. The molecule has 0 spiro atoms. The molecule has 0 aliphatic rings. The van der Waals surface area contributed by atoms with E-state index in [1.807, 2.05) is 6.07 Å². The van der Waals surface area contributed by atoms with Gasteiger partial charge in [-0.05, 0) is 44.2 Å². The molecule has 8 nitrogen and oxygen atoms in total. The molecule has 2 aromatic heterocycles. The minimum Gasteiger partial charge on any atom is -0.485 e. The highest BCUT2D eigenvalue weighted by Crippen LogP contribution is 2.25. The molecular formula is C27H26N2O6. The molecule has 0 saturated carbocycles. The van der Waals surface area contributed by atoms with Crippen molar-refractivity contribution in [1.29, 1.82) is 0 Å². The van der Waals surface area contributed by atoms with Crippen molar-refractivity contribution in [1.82, 2.24) is 10.1 Å². The summed E-state index contributed by atoms with van der Waals surface area (Å²) < 4.78 is 34.3. The van der Waals surface area contributed by atoms with E-state index in [-0.39, 0.29) is 30.0 Å². The van der Waals surface area contributed by atoms with Gasteiger partial charge in [0, 0.05) is 35.3 Å². The van der Waals surface area contributed by atoms with Crippen LogP contribution in [0.3, 0.4) is 0 Å². The largest absolute Gasteiger partial charge is 0.485 e. The van der Waals surface area contributed by atoms with Crippen LogP contribution >= 0.6 is 0 Å². The number of carboxylic acids is 1. The van der Waals surface area contributed by atoms with Crippen molar-refractivity contribution in [2.45, 2.75) is 39.4 Å². The fourth-order valence-electron chi connectivity index (χ4n) is 3.40. The van der Waals surface area contributed by atoms with Gasteiger partial charge in [0.05, 0.1) is 21.1 Å². The third-order valence-corrected chi connectivity index (χ3v) is 5.11. The molecule has 2 heterocycles. The Morgan fingerprint density at radius 3 is 2.57 bits per heavy atom. The second-order valence-electron chi connectivity index (χ2n) is 8.08. The Kier molecular flexibility index (Phi) is 6.51. The van der Waals surface area contributed by atoms with Gasteiger partial charge in [0.25, 0.3) is 5.91 Å². The first kappa shape index (κ1) is 21.2. The van der Waals surface area contributed by atoms with E-state index in [9.17, 15) is 9.59 Å². The topological polar surface area (TPSA) is 106 Å². The fraction of sp³-hybridized carbons (Fsp3) is 0.222. The van der Waals surface area contributed by atoms with Gasteiger partial charge in [-0.3, -0.25) is 9.59 Å². The molecule has 8 heteroatoms. The highest BCUT2D eigenvalue weighted by atomic mass is 16.5. The standard InChI is InChI=1S/C27H26N2O6/c1-18(2)29(27(32)20-11-9-19(10-12-20)24-8-5-13-33-24)16-21-6-3-4-7-25(21)34-17-23-14-22(28-35-23)15-26(30)31/h3-14,18H,15-17H2,1-2H3,(H,30,31)/i16D2. The van der Waals surface area contributed by atoms with E-state index in [4.69, 9.17) is 21.5 Å². The number of aromatic nitrogens is 1. The number of ether oxygens (including phenoxy) is 1. The molecule has 0 fully saturated rings. The Bertz CT molecular complexity index is 1360. The number of furan rings is 1. The predicted molar refractivity (Wildman–Crippen MR) is 128 cm³/mol. The zero-order chi connectivity index (χ0) is 26.6. The number of aliphatic carboxylic acids is 1. The molecule has 0 atom stereocenters. The van der Waals surface area contributed by atoms with Crippen molar-refractivity contribution in [3.05, 3.63) is 95.6 Å². The summed E-state index contributed by atoms with van der Waals surface area (Å²) in [4.78, 5) is 25.6. The van der Waals surface area contributed by atoms with Gasteiger partial charge >= 0.3 is 5.97 Å². The van der Waals surface area contributed by atoms with Gasteiger partial charge in [-0.15, -0.1) is 0 Å². The number of para-hydroxylation sites is 1. The third kappa shape index (κ3) is 5.97. The summed E-state index contributed by atoms with van der Waals surface area (Å²) in [5.74, 6) is -0.332. The van der Waals surface area contributed by atoms with Crippen molar-refractivity contribution >= 4 is 11.9 Å². The highest BCUT2D eigenvalue weighted by molar-refractivity contribution is 5.94. The first-order valence-corrected chi connectivity index (χ1v) is 11.0. The van der Waals surface area contributed by atoms with E-state index < -0.39 is 24.4 Å². The van der Waals surface area contributed by atoms with Crippen LogP contribution in [0.15, 0.2) is 81.9 Å².